The molecule has 0 bridgehead atoms. The van der Waals surface area contributed by atoms with Crippen LogP contribution >= 0.6 is 0 Å². The van der Waals surface area contributed by atoms with Crippen LogP contribution in [0.25, 0.3) is 0 Å². The summed E-state index contributed by atoms with van der Waals surface area (Å²) in [6.07, 6.45) is 2.39. The lowest BCUT2D eigenvalue weighted by Crippen LogP contribution is -2.40. The molecule has 0 heterocycles. The second-order valence-electron chi connectivity index (χ2n) is 2.58. The van der Waals surface area contributed by atoms with Crippen molar-refractivity contribution in [3.63, 3.8) is 0 Å². The Labute approximate surface area is 69.4 Å². The normalized spacial score (nSPS) is 10.9. The van der Waals surface area contributed by atoms with Gasteiger partial charge in [0.1, 0.15) is 0 Å². The van der Waals surface area contributed by atoms with Crippen LogP contribution in [-0.2, 0) is 0 Å². The van der Waals surface area contributed by atoms with Gasteiger partial charge in [0.25, 0.3) is 0 Å². The topological polar surface area (TPSA) is 35.5 Å². The van der Waals surface area contributed by atoms with Gasteiger partial charge in [-0.25, -0.2) is 5.01 Å². The molecule has 0 aliphatic carbocycles. The van der Waals surface area contributed by atoms with Crippen LogP contribution in [0.15, 0.2) is 0 Å². The third kappa shape index (κ3) is 6.28. The Bertz CT molecular complexity index is 72.5. The lowest BCUT2D eigenvalue weighted by Gasteiger charge is -2.20. The van der Waals surface area contributed by atoms with Crippen LogP contribution in [0.3, 0.4) is 0 Å². The van der Waals surface area contributed by atoms with E-state index in [0.29, 0.717) is 0 Å². The maximum Gasteiger partial charge on any atom is 0.0572 e. The van der Waals surface area contributed by atoms with E-state index in [9.17, 15) is 0 Å². The number of hydrazine groups is 1. The van der Waals surface area contributed by atoms with Crippen LogP contribution in [0, 0.1) is 0 Å². The molecule has 3 nitrogen and oxygen atoms in total. The van der Waals surface area contributed by atoms with Crippen LogP contribution in [0.5, 0.6) is 0 Å². The predicted octanol–water partition coefficient (Wildman–Crippen LogP) is 0.605. The van der Waals surface area contributed by atoms with Gasteiger partial charge in [-0.3, -0.25) is 5.43 Å². The average molecular weight is 160 g/mol. The van der Waals surface area contributed by atoms with Gasteiger partial charge in [-0.2, -0.15) is 0 Å². The van der Waals surface area contributed by atoms with E-state index in [0.717, 1.165) is 19.6 Å². The third-order valence-corrected chi connectivity index (χ3v) is 1.53. The molecule has 0 aliphatic rings. The van der Waals surface area contributed by atoms with E-state index >= 15 is 0 Å². The Hall–Kier alpha value is -0.120. The van der Waals surface area contributed by atoms with Crippen molar-refractivity contribution in [1.82, 2.24) is 10.4 Å². The third-order valence-electron chi connectivity index (χ3n) is 1.53. The molecule has 0 aromatic heterocycles. The van der Waals surface area contributed by atoms with E-state index < -0.39 is 0 Å². The lowest BCUT2D eigenvalue weighted by molar-refractivity contribution is 0.144. The first-order valence-corrected chi connectivity index (χ1v) is 4.44. The van der Waals surface area contributed by atoms with Gasteiger partial charge in [-0.05, 0) is 6.42 Å². The number of nitrogens with one attached hydrogen (secondary N) is 1. The molecule has 2 N–H and O–H groups in total. The molecule has 0 saturated carbocycles. The second kappa shape index (κ2) is 7.98. The Morgan fingerprint density at radius 2 is 2.00 bits per heavy atom. The van der Waals surface area contributed by atoms with Crippen LogP contribution in [0.1, 0.15) is 26.7 Å². The molecule has 0 saturated heterocycles. The summed E-state index contributed by atoms with van der Waals surface area (Å²) in [6, 6.07) is 0. The van der Waals surface area contributed by atoms with Crippen molar-refractivity contribution in [2.75, 3.05) is 26.2 Å². The van der Waals surface area contributed by atoms with Gasteiger partial charge in [0.2, 0.25) is 0 Å². The first-order valence-electron chi connectivity index (χ1n) is 4.44. The van der Waals surface area contributed by atoms with Crippen LogP contribution in [0.2, 0.25) is 0 Å². The maximum absolute atomic E-state index is 8.68. The number of aliphatic hydroxyl groups is 1. The van der Waals surface area contributed by atoms with Gasteiger partial charge in [0.05, 0.1) is 6.61 Å². The molecule has 0 fully saturated rings. The minimum Gasteiger partial charge on any atom is -0.395 e. The molecular formula is C8H20N2O. The van der Waals surface area contributed by atoms with E-state index in [-0.39, 0.29) is 6.61 Å². The summed E-state index contributed by atoms with van der Waals surface area (Å²) in [5.74, 6) is 0. The SMILES string of the molecule is CCCCN(CCO)NCC. The van der Waals surface area contributed by atoms with Crippen molar-refractivity contribution in [1.29, 1.82) is 0 Å². The van der Waals surface area contributed by atoms with Crippen LogP contribution in [0.4, 0.5) is 0 Å². The zero-order chi connectivity index (χ0) is 8.53. The van der Waals surface area contributed by atoms with Crippen molar-refractivity contribution in [3.8, 4) is 0 Å². The largest absolute Gasteiger partial charge is 0.395 e. The van der Waals surface area contributed by atoms with Crippen molar-refractivity contribution < 1.29 is 5.11 Å². The summed E-state index contributed by atoms with van der Waals surface area (Å²) in [7, 11) is 0. The molecular weight excluding hydrogens is 140 g/mol. The summed E-state index contributed by atoms with van der Waals surface area (Å²) >= 11 is 0. The van der Waals surface area contributed by atoms with Gasteiger partial charge in [0.15, 0.2) is 0 Å². The highest BCUT2D eigenvalue weighted by Gasteiger charge is 1.99. The summed E-state index contributed by atoms with van der Waals surface area (Å²) in [5, 5.41) is 10.8. The first-order chi connectivity index (χ1) is 5.35. The molecule has 11 heavy (non-hydrogen) atoms. The van der Waals surface area contributed by atoms with Gasteiger partial charge in [-0.1, -0.05) is 20.3 Å². The zero-order valence-electron chi connectivity index (χ0n) is 7.64. The number of hydrogen-bond acceptors (Lipinski definition) is 3. The monoisotopic (exact) mass is 160 g/mol. The van der Waals surface area contributed by atoms with Gasteiger partial charge in [-0.15, -0.1) is 0 Å². The summed E-state index contributed by atoms with van der Waals surface area (Å²) in [5.41, 5.74) is 3.19. The number of nitrogens with zero attached hydrogens (tertiary/aromatic N) is 1. The molecule has 0 aromatic carbocycles. The van der Waals surface area contributed by atoms with Crippen molar-refractivity contribution >= 4 is 0 Å². The summed E-state index contributed by atoms with van der Waals surface area (Å²) in [4.78, 5) is 0. The fourth-order valence-corrected chi connectivity index (χ4v) is 0.963. The van der Waals surface area contributed by atoms with Gasteiger partial charge >= 0.3 is 0 Å². The highest BCUT2D eigenvalue weighted by atomic mass is 16.3. The van der Waals surface area contributed by atoms with Crippen LogP contribution in [-0.4, -0.2) is 36.4 Å². The number of hydrogen-bond donors (Lipinski definition) is 2. The summed E-state index contributed by atoms with van der Waals surface area (Å²) in [6.45, 7) is 7.17. The molecule has 0 radical (unpaired) electrons. The Kier molecular flexibility index (Phi) is 7.89. The fourth-order valence-electron chi connectivity index (χ4n) is 0.963. The highest BCUT2D eigenvalue weighted by Crippen LogP contribution is 1.90. The predicted molar refractivity (Wildman–Crippen MR) is 47.2 cm³/mol. The Morgan fingerprint density at radius 3 is 2.45 bits per heavy atom. The first kappa shape index (κ1) is 10.9. The highest BCUT2D eigenvalue weighted by molar-refractivity contribution is 4.49. The number of aliphatic hydroxyl groups excluding tert-OH is 1. The minimum atomic E-state index is 0.233. The van der Waals surface area contributed by atoms with E-state index in [2.05, 4.69) is 24.3 Å². The molecule has 3 heteroatoms. The minimum absolute atomic E-state index is 0.233. The average Bonchev–Trinajstić information content (AvgIpc) is 2.01. The Balaban J connectivity index is 3.34. The Morgan fingerprint density at radius 1 is 1.27 bits per heavy atom. The fraction of sp³-hybridized carbons (Fsp3) is 1.00. The lowest BCUT2D eigenvalue weighted by atomic mass is 10.3. The quantitative estimate of drug-likeness (QED) is 0.535. The van der Waals surface area contributed by atoms with E-state index in [1.54, 1.807) is 0 Å². The molecule has 0 aromatic rings. The van der Waals surface area contributed by atoms with E-state index in [1.165, 1.54) is 12.8 Å². The number of unbranched alkanes of at least 4 members (excludes halogenated alkanes) is 1. The van der Waals surface area contributed by atoms with Gasteiger partial charge < -0.3 is 5.11 Å². The second-order valence-corrected chi connectivity index (χ2v) is 2.58. The van der Waals surface area contributed by atoms with E-state index in [4.69, 9.17) is 5.11 Å². The van der Waals surface area contributed by atoms with Crippen LogP contribution < -0.4 is 5.43 Å². The molecule has 0 atom stereocenters. The maximum atomic E-state index is 8.68. The van der Waals surface area contributed by atoms with E-state index in [1.807, 2.05) is 0 Å². The molecule has 0 aliphatic heterocycles. The van der Waals surface area contributed by atoms with Crippen molar-refractivity contribution in [2.45, 2.75) is 26.7 Å². The molecule has 68 valence electrons. The molecule has 0 rings (SSSR count). The molecule has 0 spiro atoms. The smallest absolute Gasteiger partial charge is 0.0572 e. The van der Waals surface area contributed by atoms with Crippen molar-refractivity contribution in [3.05, 3.63) is 0 Å². The molecule has 0 amide bonds. The zero-order valence-corrected chi connectivity index (χ0v) is 7.64. The van der Waals surface area contributed by atoms with Gasteiger partial charge in [0, 0.05) is 19.6 Å². The number of rotatable bonds is 7. The summed E-state index contributed by atoms with van der Waals surface area (Å²) < 4.78 is 0. The molecule has 0 unspecified atom stereocenters. The standard InChI is InChI=1S/C8H20N2O/c1-3-5-6-10(7-8-11)9-4-2/h9,11H,3-8H2,1-2H3. The van der Waals surface area contributed by atoms with Crippen molar-refractivity contribution in [2.24, 2.45) is 0 Å².